The number of nitrogens with two attached hydrogens (primary N) is 1. The summed E-state index contributed by atoms with van der Waals surface area (Å²) in [6.45, 7) is 1.67. The molecule has 0 aliphatic carbocycles. The lowest BCUT2D eigenvalue weighted by molar-refractivity contribution is 0.103. The summed E-state index contributed by atoms with van der Waals surface area (Å²) in [5.74, 6) is 5.35. The van der Waals surface area contributed by atoms with Crippen LogP contribution in [0.25, 0.3) is 11.0 Å². The number of H-pyrrole nitrogens is 1. The van der Waals surface area contributed by atoms with Crippen LogP contribution in [0.1, 0.15) is 5.56 Å². The van der Waals surface area contributed by atoms with Crippen LogP contribution in [0.3, 0.4) is 0 Å². The van der Waals surface area contributed by atoms with Crippen LogP contribution in [0.4, 0.5) is 0 Å². The molecular formula is C12H17N5O3. The first kappa shape index (κ1) is 13.1. The van der Waals surface area contributed by atoms with Crippen molar-refractivity contribution in [2.75, 3.05) is 25.5 Å². The highest BCUT2D eigenvalue weighted by molar-refractivity contribution is 5.77. The van der Waals surface area contributed by atoms with Crippen molar-refractivity contribution in [3.05, 3.63) is 28.4 Å². The topological polar surface area (TPSA) is 120 Å². The number of hydrogen-bond donors (Lipinski definition) is 4. The minimum absolute atomic E-state index is 0.0261. The third-order valence-electron chi connectivity index (χ3n) is 3.80. The zero-order chi connectivity index (χ0) is 14.3. The number of aromatic nitrogens is 3. The van der Waals surface area contributed by atoms with Crippen molar-refractivity contribution in [2.45, 2.75) is 12.6 Å². The molecule has 0 bridgehead atoms. The number of aliphatic hydroxyl groups excluding tert-OH is 2. The third kappa shape index (κ3) is 2.07. The van der Waals surface area contributed by atoms with Crippen molar-refractivity contribution < 1.29 is 10.2 Å². The molecule has 5 N–H and O–H groups in total. The number of fused-ring (bicyclic) bond motifs is 1. The fraction of sp³-hybridized carbons (Fsp3) is 0.500. The first-order chi connectivity index (χ1) is 9.60. The van der Waals surface area contributed by atoms with Crippen LogP contribution in [-0.4, -0.2) is 55.6 Å². The van der Waals surface area contributed by atoms with Gasteiger partial charge in [0.1, 0.15) is 11.8 Å². The molecule has 2 aromatic heterocycles. The first-order valence-electron chi connectivity index (χ1n) is 6.44. The third-order valence-corrected chi connectivity index (χ3v) is 3.80. The SMILES string of the molecule is Nn1cnc2c(CN3C[C@H](CO)[C@@H](O)C3)c[nH]c2c1=O. The van der Waals surface area contributed by atoms with E-state index < -0.39 is 6.10 Å². The summed E-state index contributed by atoms with van der Waals surface area (Å²) in [7, 11) is 0. The summed E-state index contributed by atoms with van der Waals surface area (Å²) in [6.07, 6.45) is 2.51. The van der Waals surface area contributed by atoms with Crippen molar-refractivity contribution in [3.8, 4) is 0 Å². The van der Waals surface area contributed by atoms with E-state index in [0.717, 1.165) is 10.2 Å². The van der Waals surface area contributed by atoms with Crippen LogP contribution in [-0.2, 0) is 6.54 Å². The lowest BCUT2D eigenvalue weighted by atomic mass is 10.1. The molecule has 1 aliphatic heterocycles. The summed E-state index contributed by atoms with van der Waals surface area (Å²) in [6, 6.07) is 0. The smallest absolute Gasteiger partial charge is 0.295 e. The van der Waals surface area contributed by atoms with E-state index in [1.54, 1.807) is 6.20 Å². The number of likely N-dealkylation sites (tertiary alicyclic amines) is 1. The molecule has 8 heteroatoms. The maximum absolute atomic E-state index is 11.8. The minimum Gasteiger partial charge on any atom is -0.396 e. The van der Waals surface area contributed by atoms with E-state index >= 15 is 0 Å². The van der Waals surface area contributed by atoms with Crippen molar-refractivity contribution >= 4 is 11.0 Å². The van der Waals surface area contributed by atoms with Gasteiger partial charge in [-0.2, -0.15) is 0 Å². The van der Waals surface area contributed by atoms with Gasteiger partial charge in [-0.25, -0.2) is 9.66 Å². The van der Waals surface area contributed by atoms with Crippen LogP contribution in [0, 0.1) is 5.92 Å². The molecule has 8 nitrogen and oxygen atoms in total. The number of nitrogen functional groups attached to an aromatic ring is 1. The molecule has 2 aromatic rings. The van der Waals surface area contributed by atoms with Gasteiger partial charge in [-0.1, -0.05) is 0 Å². The van der Waals surface area contributed by atoms with Crippen molar-refractivity contribution in [1.82, 2.24) is 19.5 Å². The van der Waals surface area contributed by atoms with Gasteiger partial charge in [0.15, 0.2) is 0 Å². The number of aliphatic hydroxyl groups is 2. The van der Waals surface area contributed by atoms with E-state index in [0.29, 0.717) is 30.7 Å². The fourth-order valence-corrected chi connectivity index (χ4v) is 2.68. The second-order valence-electron chi connectivity index (χ2n) is 5.20. The quantitative estimate of drug-likeness (QED) is 0.493. The molecule has 1 saturated heterocycles. The second kappa shape index (κ2) is 4.89. The van der Waals surface area contributed by atoms with E-state index in [2.05, 4.69) is 9.97 Å². The summed E-state index contributed by atoms with van der Waals surface area (Å²) in [4.78, 5) is 20.9. The summed E-state index contributed by atoms with van der Waals surface area (Å²) < 4.78 is 0.935. The van der Waals surface area contributed by atoms with Crippen molar-refractivity contribution in [3.63, 3.8) is 0 Å². The van der Waals surface area contributed by atoms with Crippen LogP contribution >= 0.6 is 0 Å². The lowest BCUT2D eigenvalue weighted by Gasteiger charge is -2.14. The monoisotopic (exact) mass is 279 g/mol. The van der Waals surface area contributed by atoms with Gasteiger partial charge < -0.3 is 21.0 Å². The first-order valence-corrected chi connectivity index (χ1v) is 6.44. The molecule has 108 valence electrons. The zero-order valence-electron chi connectivity index (χ0n) is 10.9. The van der Waals surface area contributed by atoms with E-state index in [4.69, 9.17) is 10.9 Å². The average Bonchev–Trinajstić information content (AvgIpc) is 2.99. The highest BCUT2D eigenvalue weighted by atomic mass is 16.3. The lowest BCUT2D eigenvalue weighted by Crippen LogP contribution is -2.27. The molecule has 1 aliphatic rings. The van der Waals surface area contributed by atoms with Gasteiger partial charge in [0.2, 0.25) is 0 Å². The Morgan fingerprint density at radius 2 is 2.30 bits per heavy atom. The van der Waals surface area contributed by atoms with E-state index in [1.165, 1.54) is 6.33 Å². The molecule has 1 fully saturated rings. The molecule has 20 heavy (non-hydrogen) atoms. The standard InChI is InChI=1S/C12H17N5O3/c13-17-6-15-10-7(1-14-11(10)12(17)20)2-16-3-8(5-18)9(19)4-16/h1,6,8-9,14,18-19H,2-5,13H2/t8-,9+/m1/s1. The summed E-state index contributed by atoms with van der Waals surface area (Å²) in [5, 5.41) is 18.9. The largest absolute Gasteiger partial charge is 0.396 e. The molecule has 0 radical (unpaired) electrons. The number of nitrogens with one attached hydrogen (secondary N) is 1. The molecular weight excluding hydrogens is 262 g/mol. The molecule has 0 spiro atoms. The molecule has 0 amide bonds. The number of aromatic amines is 1. The molecule has 0 unspecified atom stereocenters. The Morgan fingerprint density at radius 1 is 1.50 bits per heavy atom. The normalized spacial score (nSPS) is 23.7. The number of hydrogen-bond acceptors (Lipinski definition) is 6. The number of nitrogens with zero attached hydrogens (tertiary/aromatic N) is 3. The Labute approximate surface area is 114 Å². The zero-order valence-corrected chi connectivity index (χ0v) is 10.9. The molecule has 0 aromatic carbocycles. The number of rotatable bonds is 3. The molecule has 0 saturated carbocycles. The maximum Gasteiger partial charge on any atom is 0.295 e. The van der Waals surface area contributed by atoms with Crippen LogP contribution in [0.15, 0.2) is 17.3 Å². The van der Waals surface area contributed by atoms with Gasteiger partial charge in [-0.05, 0) is 0 Å². The van der Waals surface area contributed by atoms with Crippen LogP contribution in [0.2, 0.25) is 0 Å². The Morgan fingerprint density at radius 3 is 3.00 bits per heavy atom. The fourth-order valence-electron chi connectivity index (χ4n) is 2.68. The van der Waals surface area contributed by atoms with E-state index in [-0.39, 0.29) is 18.1 Å². The Bertz CT molecular complexity index is 679. The predicted octanol–water partition coefficient (Wildman–Crippen LogP) is -1.78. The van der Waals surface area contributed by atoms with Gasteiger partial charge >= 0.3 is 0 Å². The summed E-state index contributed by atoms with van der Waals surface area (Å²) in [5.41, 5.74) is 1.53. The Kier molecular flexibility index (Phi) is 3.20. The van der Waals surface area contributed by atoms with E-state index in [1.807, 2.05) is 4.90 Å². The Balaban J connectivity index is 1.86. The van der Waals surface area contributed by atoms with E-state index in [9.17, 15) is 9.90 Å². The maximum atomic E-state index is 11.8. The van der Waals surface area contributed by atoms with Crippen LogP contribution in [0.5, 0.6) is 0 Å². The average molecular weight is 279 g/mol. The van der Waals surface area contributed by atoms with Gasteiger partial charge in [0.25, 0.3) is 5.56 Å². The second-order valence-corrected chi connectivity index (χ2v) is 5.20. The van der Waals surface area contributed by atoms with Gasteiger partial charge in [-0.15, -0.1) is 0 Å². The number of β-amino-alcohol motifs (C(OH)–C–C–N with tert-alkyl or cyclic N) is 1. The van der Waals surface area contributed by atoms with Gasteiger partial charge in [0, 0.05) is 43.9 Å². The molecule has 2 atom stereocenters. The minimum atomic E-state index is -0.514. The summed E-state index contributed by atoms with van der Waals surface area (Å²) >= 11 is 0. The Hall–Kier alpha value is -1.90. The van der Waals surface area contributed by atoms with Crippen LogP contribution < -0.4 is 11.4 Å². The van der Waals surface area contributed by atoms with Gasteiger partial charge in [-0.3, -0.25) is 9.69 Å². The van der Waals surface area contributed by atoms with Gasteiger partial charge in [0.05, 0.1) is 11.6 Å². The predicted molar refractivity (Wildman–Crippen MR) is 72.4 cm³/mol. The highest BCUT2D eigenvalue weighted by Crippen LogP contribution is 2.21. The van der Waals surface area contributed by atoms with Crippen molar-refractivity contribution in [2.24, 2.45) is 5.92 Å². The highest BCUT2D eigenvalue weighted by Gasteiger charge is 2.31. The molecule has 3 heterocycles. The molecule has 3 rings (SSSR count). The van der Waals surface area contributed by atoms with Crippen molar-refractivity contribution in [1.29, 1.82) is 0 Å².